The number of aryl methyl sites for hydroxylation is 1. The van der Waals surface area contributed by atoms with E-state index in [1.54, 1.807) is 4.90 Å². The Labute approximate surface area is 195 Å². The van der Waals surface area contributed by atoms with Gasteiger partial charge in [0.05, 0.1) is 5.69 Å². The highest BCUT2D eigenvalue weighted by Crippen LogP contribution is 2.31. The van der Waals surface area contributed by atoms with Crippen LogP contribution >= 0.6 is 0 Å². The number of aliphatic hydroxyl groups excluding tert-OH is 1. The molecule has 11 heteroatoms. The van der Waals surface area contributed by atoms with Gasteiger partial charge in [0.15, 0.2) is 11.6 Å². The van der Waals surface area contributed by atoms with Gasteiger partial charge in [-0.2, -0.15) is 14.8 Å². The van der Waals surface area contributed by atoms with Gasteiger partial charge in [0.1, 0.15) is 12.1 Å². The minimum Gasteiger partial charge on any atom is -0.387 e. The van der Waals surface area contributed by atoms with Crippen molar-refractivity contribution in [2.24, 2.45) is 0 Å². The molecule has 5 rings (SSSR count). The first-order chi connectivity index (χ1) is 16.5. The molecule has 2 aromatic heterocycles. The summed E-state index contributed by atoms with van der Waals surface area (Å²) < 4.78 is 35.3. The average Bonchev–Trinajstić information content (AvgIpc) is 3.51. The number of aliphatic hydroxyl groups is 1. The monoisotopic (exact) mass is 474 g/mol. The fraction of sp³-hybridized carbons (Fsp3) is 0.565. The van der Waals surface area contributed by atoms with Crippen molar-refractivity contribution in [2.45, 2.75) is 51.0 Å². The van der Waals surface area contributed by atoms with Gasteiger partial charge in [-0.15, -0.1) is 0 Å². The summed E-state index contributed by atoms with van der Waals surface area (Å²) >= 11 is 0. The molecular formula is C23H28F2N6O3. The number of likely N-dealkylation sites (tertiary alicyclic amines) is 2. The zero-order valence-electron chi connectivity index (χ0n) is 19.1. The minimum absolute atomic E-state index is 0.0186. The molecule has 3 aromatic rings. The van der Waals surface area contributed by atoms with Crippen LogP contribution in [0.4, 0.5) is 8.78 Å². The third-order valence-corrected chi connectivity index (χ3v) is 7.12. The van der Waals surface area contributed by atoms with E-state index < -0.39 is 18.2 Å². The Morgan fingerprint density at radius 3 is 2.56 bits per heavy atom. The lowest BCUT2D eigenvalue weighted by atomic mass is 9.93. The number of amides is 1. The maximum Gasteiger partial charge on any atom is 0.291 e. The van der Waals surface area contributed by atoms with E-state index in [4.69, 9.17) is 9.63 Å². The summed E-state index contributed by atoms with van der Waals surface area (Å²) in [5.74, 6) is -1.45. The Balaban J connectivity index is 1.27. The molecule has 0 atom stereocenters. The third kappa shape index (κ3) is 4.07. The van der Waals surface area contributed by atoms with Gasteiger partial charge in [0.2, 0.25) is 11.8 Å². The van der Waals surface area contributed by atoms with Crippen LogP contribution in [0.2, 0.25) is 0 Å². The third-order valence-electron chi connectivity index (χ3n) is 7.12. The van der Waals surface area contributed by atoms with Crippen LogP contribution in [0, 0.1) is 11.6 Å². The van der Waals surface area contributed by atoms with Crippen molar-refractivity contribution >= 4 is 16.8 Å². The molecule has 2 fully saturated rings. The number of carbonyl (C=O) groups is 1. The van der Waals surface area contributed by atoms with E-state index in [0.717, 1.165) is 44.8 Å². The molecule has 34 heavy (non-hydrogen) atoms. The number of hydrogen-bond acceptors (Lipinski definition) is 7. The van der Waals surface area contributed by atoms with Crippen LogP contribution in [0.1, 0.15) is 50.1 Å². The molecule has 0 saturated carbocycles. The van der Waals surface area contributed by atoms with Crippen LogP contribution in [-0.2, 0) is 11.2 Å². The van der Waals surface area contributed by atoms with E-state index in [0.29, 0.717) is 42.5 Å². The minimum atomic E-state index is -0.976. The van der Waals surface area contributed by atoms with E-state index >= 15 is 0 Å². The van der Waals surface area contributed by atoms with Gasteiger partial charge >= 0.3 is 0 Å². The van der Waals surface area contributed by atoms with E-state index in [2.05, 4.69) is 20.1 Å². The van der Waals surface area contributed by atoms with Crippen molar-refractivity contribution < 1.29 is 23.2 Å². The first-order valence-electron chi connectivity index (χ1n) is 11.8. The van der Waals surface area contributed by atoms with E-state index in [9.17, 15) is 13.6 Å². The second-order valence-electron chi connectivity index (χ2n) is 8.98. The van der Waals surface area contributed by atoms with E-state index in [1.165, 1.54) is 10.7 Å². The molecular weight excluding hydrogens is 446 g/mol. The Bertz CT molecular complexity index is 1180. The molecule has 0 unspecified atom stereocenters. The number of nitrogens with zero attached hydrogens (tertiary/aromatic N) is 6. The zero-order valence-corrected chi connectivity index (χ0v) is 19.1. The largest absolute Gasteiger partial charge is 0.387 e. The lowest BCUT2D eigenvalue weighted by Gasteiger charge is -2.41. The Kier molecular flexibility index (Phi) is 6.30. The number of hydrogen-bond donors (Lipinski definition) is 1. The second kappa shape index (κ2) is 9.38. The predicted octanol–water partition coefficient (Wildman–Crippen LogP) is 2.41. The molecule has 0 spiro atoms. The lowest BCUT2D eigenvalue weighted by molar-refractivity contribution is -0.135. The van der Waals surface area contributed by atoms with Crippen molar-refractivity contribution in [2.75, 3.05) is 32.8 Å². The number of halogens is 2. The van der Waals surface area contributed by atoms with Gasteiger partial charge in [-0.3, -0.25) is 4.79 Å². The summed E-state index contributed by atoms with van der Waals surface area (Å²) in [6, 6.07) is 3.05. The number of rotatable bonds is 5. The summed E-state index contributed by atoms with van der Waals surface area (Å²) in [6.07, 6.45) is 4.05. The molecule has 182 valence electrons. The lowest BCUT2D eigenvalue weighted by Crippen LogP contribution is -2.49. The van der Waals surface area contributed by atoms with Crippen LogP contribution in [0.5, 0.6) is 0 Å². The molecule has 1 amide bonds. The molecule has 0 aliphatic carbocycles. The van der Waals surface area contributed by atoms with Gasteiger partial charge in [-0.25, -0.2) is 8.78 Å². The highest BCUT2D eigenvalue weighted by Gasteiger charge is 2.32. The molecule has 4 heterocycles. The highest BCUT2D eigenvalue weighted by molar-refractivity contribution is 5.83. The molecule has 1 N–H and O–H groups in total. The van der Waals surface area contributed by atoms with Gasteiger partial charge in [0, 0.05) is 30.4 Å². The first-order valence-corrected chi connectivity index (χ1v) is 11.8. The van der Waals surface area contributed by atoms with Crippen LogP contribution in [0.3, 0.4) is 0 Å². The normalized spacial score (nSPS) is 18.8. The van der Waals surface area contributed by atoms with Gasteiger partial charge in [-0.05, 0) is 62.5 Å². The fourth-order valence-electron chi connectivity index (χ4n) is 5.18. The zero-order chi connectivity index (χ0) is 23.8. The van der Waals surface area contributed by atoms with Crippen LogP contribution < -0.4 is 0 Å². The second-order valence-corrected chi connectivity index (χ2v) is 8.98. The maximum absolute atomic E-state index is 14.6. The molecule has 0 bridgehead atoms. The molecule has 9 nitrogen and oxygen atoms in total. The Hall–Kier alpha value is -2.92. The van der Waals surface area contributed by atoms with Crippen molar-refractivity contribution in [3.63, 3.8) is 0 Å². The smallest absolute Gasteiger partial charge is 0.291 e. The number of aromatic nitrogens is 4. The first kappa shape index (κ1) is 22.9. The summed E-state index contributed by atoms with van der Waals surface area (Å²) in [6.45, 7) is 4.57. The molecule has 2 aliphatic rings. The van der Waals surface area contributed by atoms with Crippen molar-refractivity contribution in [3.05, 3.63) is 35.4 Å². The van der Waals surface area contributed by atoms with Crippen LogP contribution in [0.25, 0.3) is 16.9 Å². The summed E-state index contributed by atoms with van der Waals surface area (Å²) in [7, 11) is 0. The standard InChI is InChI=1S/C23H28F2N6O3/c1-2-18-16-3-4-17(24)20(25)21(16)31(27-18)23-26-22(34-28-23)14-5-9-29(10-6-14)15-7-11-30(12-8-15)19(33)13-32/h3-4,14-15,32H,2,5-13H2,1H3. The summed E-state index contributed by atoms with van der Waals surface area (Å²) in [5.41, 5.74) is 0.658. The summed E-state index contributed by atoms with van der Waals surface area (Å²) in [5, 5.41) is 18.0. The molecule has 2 aliphatic heterocycles. The topological polar surface area (TPSA) is 101 Å². The van der Waals surface area contributed by atoms with Crippen molar-refractivity contribution in [1.29, 1.82) is 0 Å². The predicted molar refractivity (Wildman–Crippen MR) is 118 cm³/mol. The quantitative estimate of drug-likeness (QED) is 0.606. The van der Waals surface area contributed by atoms with Gasteiger partial charge in [-0.1, -0.05) is 6.92 Å². The number of piperidine rings is 2. The van der Waals surface area contributed by atoms with E-state index in [-0.39, 0.29) is 23.3 Å². The van der Waals surface area contributed by atoms with Crippen LogP contribution in [0.15, 0.2) is 16.7 Å². The number of benzene rings is 1. The SMILES string of the molecule is CCc1nn(-c2noc(C3CCN(C4CCN(C(=O)CO)CC4)CC3)n2)c2c(F)c(F)ccc12. The van der Waals surface area contributed by atoms with Gasteiger partial charge < -0.3 is 19.4 Å². The number of fused-ring (bicyclic) bond motifs is 1. The Morgan fingerprint density at radius 2 is 1.88 bits per heavy atom. The maximum atomic E-state index is 14.6. The van der Waals surface area contributed by atoms with E-state index in [1.807, 2.05) is 6.92 Å². The average molecular weight is 475 g/mol. The highest BCUT2D eigenvalue weighted by atomic mass is 19.2. The van der Waals surface area contributed by atoms with Crippen molar-refractivity contribution in [3.8, 4) is 5.95 Å². The summed E-state index contributed by atoms with van der Waals surface area (Å²) in [4.78, 5) is 20.3. The Morgan fingerprint density at radius 1 is 1.15 bits per heavy atom. The molecule has 0 radical (unpaired) electrons. The molecule has 2 saturated heterocycles. The molecule has 1 aromatic carbocycles. The van der Waals surface area contributed by atoms with Crippen molar-refractivity contribution in [1.82, 2.24) is 29.7 Å². The fourth-order valence-corrected chi connectivity index (χ4v) is 5.18. The number of carbonyl (C=O) groups excluding carboxylic acids is 1. The van der Waals surface area contributed by atoms with Gasteiger partial charge in [0.25, 0.3) is 5.95 Å². The van der Waals surface area contributed by atoms with Crippen LogP contribution in [-0.4, -0.2) is 79.6 Å².